The van der Waals surface area contributed by atoms with E-state index in [4.69, 9.17) is 4.74 Å². The Bertz CT molecular complexity index is 542. The first-order chi connectivity index (χ1) is 7.92. The third-order valence-electron chi connectivity index (χ3n) is 2.49. The quantitative estimate of drug-likeness (QED) is 0.734. The Kier molecular flexibility index (Phi) is 2.64. The van der Waals surface area contributed by atoms with Gasteiger partial charge >= 0.3 is 100 Å². The van der Waals surface area contributed by atoms with Crippen molar-refractivity contribution in [3.63, 3.8) is 0 Å². The number of fused-ring (bicyclic) bond motifs is 1. The normalized spacial score (nSPS) is 17.9. The molecule has 0 aliphatic carbocycles. The standard InChI is InChI=1S/C13H11NOSe/c1-2-4-11-9-12(6-5-10(11)3-1)14-13-15-7-8-16-13/h1-6,9H,7-8H2. The summed E-state index contributed by atoms with van der Waals surface area (Å²) in [6.45, 7) is 0.840. The maximum atomic E-state index is 5.45. The Balaban J connectivity index is 2.01. The molecule has 0 radical (unpaired) electrons. The Morgan fingerprint density at radius 2 is 1.94 bits per heavy atom. The van der Waals surface area contributed by atoms with Crippen molar-refractivity contribution in [1.82, 2.24) is 0 Å². The van der Waals surface area contributed by atoms with Gasteiger partial charge in [-0.2, -0.15) is 0 Å². The van der Waals surface area contributed by atoms with Crippen molar-refractivity contribution in [2.75, 3.05) is 6.61 Å². The second kappa shape index (κ2) is 4.28. The number of aliphatic imine (C=N–C) groups is 1. The zero-order valence-corrected chi connectivity index (χ0v) is 10.4. The first-order valence-corrected chi connectivity index (χ1v) is 7.32. The van der Waals surface area contributed by atoms with Gasteiger partial charge in [0.25, 0.3) is 0 Å². The number of benzene rings is 2. The number of rotatable bonds is 1. The molecule has 0 amide bonds. The van der Waals surface area contributed by atoms with Gasteiger partial charge in [-0.05, 0) is 0 Å². The summed E-state index contributed by atoms with van der Waals surface area (Å²) in [5.41, 5.74) is 0.998. The van der Waals surface area contributed by atoms with Crippen LogP contribution in [0.5, 0.6) is 0 Å². The SMILES string of the molecule is c1ccc2cc(N=C3OCC[Se]3)ccc2c1. The Hall–Kier alpha value is -1.31. The molecule has 16 heavy (non-hydrogen) atoms. The summed E-state index contributed by atoms with van der Waals surface area (Å²) >= 11 is 0.436. The first-order valence-electron chi connectivity index (χ1n) is 5.25. The zero-order valence-electron chi connectivity index (χ0n) is 8.72. The second-order valence-corrected chi connectivity index (χ2v) is 5.80. The summed E-state index contributed by atoms with van der Waals surface area (Å²) < 4.78 is 5.45. The van der Waals surface area contributed by atoms with E-state index in [-0.39, 0.29) is 0 Å². The van der Waals surface area contributed by atoms with Crippen LogP contribution in [0.25, 0.3) is 10.8 Å². The molecule has 0 bridgehead atoms. The summed E-state index contributed by atoms with van der Waals surface area (Å²) in [5.74, 6) is 0. The van der Waals surface area contributed by atoms with Crippen molar-refractivity contribution in [2.24, 2.45) is 4.99 Å². The van der Waals surface area contributed by atoms with Gasteiger partial charge in [-0.3, -0.25) is 0 Å². The third-order valence-corrected chi connectivity index (χ3v) is 4.22. The molecule has 0 aromatic heterocycles. The van der Waals surface area contributed by atoms with Gasteiger partial charge in [0.15, 0.2) is 0 Å². The molecule has 0 N–H and O–H groups in total. The van der Waals surface area contributed by atoms with Crippen LogP contribution in [0.2, 0.25) is 5.32 Å². The summed E-state index contributed by atoms with van der Waals surface area (Å²) in [4.78, 5) is 5.46. The van der Waals surface area contributed by atoms with Crippen LogP contribution >= 0.6 is 0 Å². The average molecular weight is 276 g/mol. The van der Waals surface area contributed by atoms with Crippen molar-refractivity contribution in [1.29, 1.82) is 0 Å². The van der Waals surface area contributed by atoms with Crippen molar-refractivity contribution >= 4 is 36.2 Å². The second-order valence-electron chi connectivity index (χ2n) is 3.61. The Morgan fingerprint density at radius 3 is 2.75 bits per heavy atom. The van der Waals surface area contributed by atoms with Crippen LogP contribution in [0, 0.1) is 0 Å². The van der Waals surface area contributed by atoms with Crippen LogP contribution in [0.15, 0.2) is 47.5 Å². The fraction of sp³-hybridized carbons (Fsp3) is 0.154. The number of ether oxygens (including phenoxy) is 1. The van der Waals surface area contributed by atoms with Crippen LogP contribution in [-0.4, -0.2) is 26.4 Å². The molecule has 1 saturated heterocycles. The minimum absolute atomic E-state index is 0.436. The fourth-order valence-corrected chi connectivity index (χ4v) is 3.14. The average Bonchev–Trinajstić information content (AvgIpc) is 2.82. The maximum absolute atomic E-state index is 5.45. The number of hydrogen-bond acceptors (Lipinski definition) is 2. The molecule has 80 valence electrons. The van der Waals surface area contributed by atoms with E-state index >= 15 is 0 Å². The molecule has 0 unspecified atom stereocenters. The monoisotopic (exact) mass is 277 g/mol. The van der Waals surface area contributed by atoms with E-state index in [0.717, 1.165) is 22.4 Å². The molecule has 2 aromatic carbocycles. The third kappa shape index (κ3) is 1.97. The van der Waals surface area contributed by atoms with Crippen LogP contribution in [0.3, 0.4) is 0 Å². The van der Waals surface area contributed by atoms with Crippen molar-refractivity contribution in [2.45, 2.75) is 5.32 Å². The Labute approximate surface area is 100 Å². The molecule has 1 fully saturated rings. The summed E-state index contributed by atoms with van der Waals surface area (Å²) in [7, 11) is 0. The van der Waals surface area contributed by atoms with E-state index in [2.05, 4.69) is 41.4 Å². The van der Waals surface area contributed by atoms with Gasteiger partial charge in [0.1, 0.15) is 0 Å². The zero-order chi connectivity index (χ0) is 10.8. The van der Waals surface area contributed by atoms with Crippen molar-refractivity contribution in [3.8, 4) is 0 Å². The van der Waals surface area contributed by atoms with Crippen molar-refractivity contribution in [3.05, 3.63) is 42.5 Å². The molecular weight excluding hydrogens is 265 g/mol. The van der Waals surface area contributed by atoms with E-state index in [0.29, 0.717) is 15.0 Å². The molecule has 3 rings (SSSR count). The minimum atomic E-state index is 0.436. The van der Waals surface area contributed by atoms with Crippen LogP contribution < -0.4 is 0 Å². The van der Waals surface area contributed by atoms with Gasteiger partial charge < -0.3 is 0 Å². The molecule has 1 aliphatic heterocycles. The fourth-order valence-electron chi connectivity index (χ4n) is 1.72. The summed E-state index contributed by atoms with van der Waals surface area (Å²) in [6.07, 6.45) is 0. The Morgan fingerprint density at radius 1 is 1.06 bits per heavy atom. The topological polar surface area (TPSA) is 21.6 Å². The van der Waals surface area contributed by atoms with Gasteiger partial charge in [-0.15, -0.1) is 0 Å². The van der Waals surface area contributed by atoms with Gasteiger partial charge in [-0.25, -0.2) is 0 Å². The molecular formula is C13H11NOSe. The molecule has 0 saturated carbocycles. The van der Waals surface area contributed by atoms with E-state index < -0.39 is 0 Å². The molecule has 1 aliphatic rings. The van der Waals surface area contributed by atoms with E-state index in [1.807, 2.05) is 6.07 Å². The van der Waals surface area contributed by atoms with Gasteiger partial charge in [-0.1, -0.05) is 0 Å². The van der Waals surface area contributed by atoms with Crippen LogP contribution in [0.1, 0.15) is 0 Å². The summed E-state index contributed by atoms with van der Waals surface area (Å²) in [5, 5.41) is 3.64. The van der Waals surface area contributed by atoms with Gasteiger partial charge in [0.2, 0.25) is 0 Å². The van der Waals surface area contributed by atoms with E-state index in [9.17, 15) is 0 Å². The summed E-state index contributed by atoms with van der Waals surface area (Å²) in [6, 6.07) is 14.6. The number of hydrogen-bond donors (Lipinski definition) is 0. The van der Waals surface area contributed by atoms with Gasteiger partial charge in [0, 0.05) is 0 Å². The molecule has 0 spiro atoms. The molecule has 2 nitrogen and oxygen atoms in total. The molecule has 0 atom stereocenters. The van der Waals surface area contributed by atoms with E-state index in [1.165, 1.54) is 10.8 Å². The van der Waals surface area contributed by atoms with Gasteiger partial charge in [0.05, 0.1) is 0 Å². The first kappa shape index (κ1) is 9.88. The van der Waals surface area contributed by atoms with E-state index in [1.54, 1.807) is 0 Å². The number of nitrogens with zero attached hydrogens (tertiary/aromatic N) is 1. The van der Waals surface area contributed by atoms with Crippen LogP contribution in [0.4, 0.5) is 5.69 Å². The molecule has 1 heterocycles. The van der Waals surface area contributed by atoms with Crippen molar-refractivity contribution < 1.29 is 4.74 Å². The molecule has 2 aromatic rings. The molecule has 3 heteroatoms. The predicted molar refractivity (Wildman–Crippen MR) is 67.6 cm³/mol. The predicted octanol–water partition coefficient (Wildman–Crippen LogP) is 2.98. The van der Waals surface area contributed by atoms with Crippen LogP contribution in [-0.2, 0) is 4.74 Å².